The lowest BCUT2D eigenvalue weighted by Crippen LogP contribution is -2.45. The van der Waals surface area contributed by atoms with Gasteiger partial charge in [0.05, 0.1) is 39.9 Å². The van der Waals surface area contributed by atoms with Gasteiger partial charge in [-0.2, -0.15) is 0 Å². The molecule has 0 heterocycles. The highest BCUT2D eigenvalue weighted by Gasteiger charge is 2.28. The molecule has 0 aliphatic rings. The van der Waals surface area contributed by atoms with Crippen LogP contribution in [0.4, 0.5) is 0 Å². The van der Waals surface area contributed by atoms with E-state index >= 15 is 0 Å². The van der Waals surface area contributed by atoms with Gasteiger partial charge in [0.1, 0.15) is 13.2 Å². The van der Waals surface area contributed by atoms with Gasteiger partial charge in [0, 0.05) is 6.42 Å². The summed E-state index contributed by atoms with van der Waals surface area (Å²) >= 11 is 0. The normalized spacial score (nSPS) is 13.8. The second-order valence-corrected chi connectivity index (χ2v) is 28.5. The summed E-state index contributed by atoms with van der Waals surface area (Å²) < 4.78 is 23.8. The van der Waals surface area contributed by atoms with Crippen molar-refractivity contribution in [1.29, 1.82) is 0 Å². The van der Waals surface area contributed by atoms with Crippen molar-refractivity contribution in [3.05, 3.63) is 48.6 Å². The molecule has 8 nitrogen and oxygen atoms in total. The zero-order valence-electron chi connectivity index (χ0n) is 57.6. The van der Waals surface area contributed by atoms with E-state index in [1.807, 2.05) is 27.2 Å². The predicted molar refractivity (Wildman–Crippen MR) is 374 cm³/mol. The Kier molecular flexibility index (Phi) is 65.7. The van der Waals surface area contributed by atoms with Crippen LogP contribution in [0.15, 0.2) is 48.6 Å². The zero-order valence-corrected chi connectivity index (χ0v) is 58.5. The number of quaternary nitrogens is 1. The van der Waals surface area contributed by atoms with Crippen molar-refractivity contribution in [2.45, 2.75) is 392 Å². The molecule has 3 N–H and O–H groups in total. The zero-order chi connectivity index (χ0) is 61.9. The highest BCUT2D eigenvalue weighted by Crippen LogP contribution is 2.43. The number of unbranched alkanes of at least 4 members (excludes halogenated alkanes) is 51. The number of carbonyl (C=O) groups is 1. The minimum Gasteiger partial charge on any atom is -0.387 e. The summed E-state index contributed by atoms with van der Waals surface area (Å²) in [5.74, 6) is -0.185. The topological polar surface area (TPSA) is 105 Å². The van der Waals surface area contributed by atoms with Crippen LogP contribution in [0.5, 0.6) is 0 Å². The minimum atomic E-state index is -4.37. The lowest BCUT2D eigenvalue weighted by Gasteiger charge is -2.25. The largest absolute Gasteiger partial charge is 0.472 e. The van der Waals surface area contributed by atoms with E-state index in [9.17, 15) is 19.4 Å². The fourth-order valence-corrected chi connectivity index (χ4v) is 12.2. The molecule has 85 heavy (non-hydrogen) atoms. The van der Waals surface area contributed by atoms with Gasteiger partial charge in [-0.3, -0.25) is 13.8 Å². The van der Waals surface area contributed by atoms with E-state index in [0.29, 0.717) is 17.4 Å². The summed E-state index contributed by atoms with van der Waals surface area (Å²) in [7, 11) is 1.56. The van der Waals surface area contributed by atoms with E-state index in [1.165, 1.54) is 315 Å². The van der Waals surface area contributed by atoms with E-state index in [2.05, 4.69) is 55.6 Å². The van der Waals surface area contributed by atoms with Crippen molar-refractivity contribution in [3.8, 4) is 0 Å². The monoisotopic (exact) mass is 1220 g/mol. The maximum atomic E-state index is 13.1. The minimum absolute atomic E-state index is 0.0542. The van der Waals surface area contributed by atoms with Gasteiger partial charge in [-0.1, -0.05) is 351 Å². The van der Waals surface area contributed by atoms with Crippen molar-refractivity contribution in [1.82, 2.24) is 5.32 Å². The van der Waals surface area contributed by atoms with Gasteiger partial charge in [0.25, 0.3) is 0 Å². The molecule has 0 aromatic heterocycles. The van der Waals surface area contributed by atoms with Crippen molar-refractivity contribution < 1.29 is 32.9 Å². The molecule has 0 spiro atoms. The number of likely N-dealkylation sites (N-methyl/N-ethyl adjacent to an activating group) is 1. The van der Waals surface area contributed by atoms with Crippen LogP contribution in [-0.2, 0) is 18.4 Å². The van der Waals surface area contributed by atoms with Crippen LogP contribution in [-0.4, -0.2) is 73.4 Å². The van der Waals surface area contributed by atoms with Crippen LogP contribution in [0, 0.1) is 0 Å². The molecule has 502 valence electrons. The van der Waals surface area contributed by atoms with Crippen LogP contribution in [0.25, 0.3) is 0 Å². The Labute approximate surface area is 530 Å². The number of aliphatic hydroxyl groups is 1. The Balaban J connectivity index is 3.99. The first-order valence-corrected chi connectivity index (χ1v) is 39.0. The number of aliphatic hydroxyl groups excluding tert-OH is 1. The number of amides is 1. The molecule has 0 aromatic rings. The van der Waals surface area contributed by atoms with Crippen LogP contribution in [0.1, 0.15) is 380 Å². The van der Waals surface area contributed by atoms with Crippen molar-refractivity contribution in [3.63, 3.8) is 0 Å². The summed E-state index contributed by atoms with van der Waals surface area (Å²) in [4.78, 5) is 23.4. The molecule has 0 saturated carbocycles. The molecular weight excluding hydrogens is 1070 g/mol. The number of rotatable bonds is 70. The molecule has 0 aromatic carbocycles. The molecule has 0 bridgehead atoms. The fourth-order valence-electron chi connectivity index (χ4n) is 11.4. The summed E-state index contributed by atoms with van der Waals surface area (Å²) in [5.41, 5.74) is 0. The Morgan fingerprint density at radius 2 is 0.647 bits per heavy atom. The fraction of sp³-hybridized carbons (Fsp3) is 0.882. The van der Waals surface area contributed by atoms with E-state index in [4.69, 9.17) is 9.05 Å². The quantitative estimate of drug-likeness (QED) is 0.0243. The Morgan fingerprint density at radius 3 is 0.941 bits per heavy atom. The molecule has 0 radical (unpaired) electrons. The number of phosphoric acid groups is 1. The van der Waals surface area contributed by atoms with E-state index in [0.717, 1.165) is 44.9 Å². The average Bonchev–Trinajstić information content (AvgIpc) is 3.49. The molecule has 0 fully saturated rings. The van der Waals surface area contributed by atoms with Crippen molar-refractivity contribution >= 4 is 13.7 Å². The molecular formula is C76H148N2O6P+. The SMILES string of the molecule is CCCCCCCCCCCCCCCC/C=C/CC/C=C/CC/C=C/C(O)C(COP(=O)(O)OCC[N+](C)(C)C)NC(=O)CCCCCCCCCCCCCCCCCCC/C=C\CCCCCCCCCCCCCCCCCCCC. The van der Waals surface area contributed by atoms with Crippen LogP contribution >= 0.6 is 7.82 Å². The third kappa shape index (κ3) is 69.8. The standard InChI is InChI=1S/C76H147N2O6P/c1-6-8-10-12-14-16-18-20-22-24-26-28-30-32-33-34-35-36-37-38-39-40-41-42-43-44-45-46-48-50-52-54-56-58-60-62-64-66-68-70-76(80)77-74(73-84-85(81,82)83-72-71-78(3,4)5)75(79)69-67-65-63-61-59-57-55-53-51-49-47-31-29-27-25-23-21-19-17-15-13-11-9-7-2/h38-39,51,53,59,61,67,69,74-75,79H,6-37,40-50,52,54-58,60,62-66,68,70-73H2,1-5H3,(H-,77,80,81,82)/p+1/b39-38-,53-51+,61-59+,69-67+. The van der Waals surface area contributed by atoms with E-state index < -0.39 is 20.0 Å². The Hall–Kier alpha value is -1.54. The molecule has 0 rings (SSSR count). The number of hydrogen-bond acceptors (Lipinski definition) is 5. The number of nitrogens with one attached hydrogen (secondary N) is 1. The smallest absolute Gasteiger partial charge is 0.387 e. The molecule has 0 saturated heterocycles. The molecule has 3 unspecified atom stereocenters. The van der Waals surface area contributed by atoms with Gasteiger partial charge < -0.3 is 19.8 Å². The van der Waals surface area contributed by atoms with Crippen LogP contribution in [0.2, 0.25) is 0 Å². The molecule has 9 heteroatoms. The van der Waals surface area contributed by atoms with Gasteiger partial charge in [-0.25, -0.2) is 4.57 Å². The average molecular weight is 1220 g/mol. The first kappa shape index (κ1) is 83.5. The first-order chi connectivity index (χ1) is 41.5. The predicted octanol–water partition coefficient (Wildman–Crippen LogP) is 24.2. The molecule has 3 atom stereocenters. The Bertz CT molecular complexity index is 1530. The number of nitrogens with zero attached hydrogens (tertiary/aromatic N) is 1. The second kappa shape index (κ2) is 66.9. The number of carbonyl (C=O) groups excluding carboxylic acids is 1. The number of allylic oxidation sites excluding steroid dienone is 7. The first-order valence-electron chi connectivity index (χ1n) is 37.5. The highest BCUT2D eigenvalue weighted by molar-refractivity contribution is 7.47. The Morgan fingerprint density at radius 1 is 0.388 bits per heavy atom. The molecule has 1 amide bonds. The van der Waals surface area contributed by atoms with Gasteiger partial charge in [0.2, 0.25) is 5.91 Å². The summed E-state index contributed by atoms with van der Waals surface area (Å²) in [6, 6.07) is -0.871. The molecule has 0 aliphatic heterocycles. The van der Waals surface area contributed by atoms with Gasteiger partial charge in [-0.05, 0) is 70.6 Å². The van der Waals surface area contributed by atoms with Crippen molar-refractivity contribution in [2.75, 3.05) is 40.9 Å². The van der Waals surface area contributed by atoms with Gasteiger partial charge in [-0.15, -0.1) is 0 Å². The van der Waals surface area contributed by atoms with Gasteiger partial charge in [0.15, 0.2) is 0 Å². The van der Waals surface area contributed by atoms with Crippen LogP contribution in [0.3, 0.4) is 0 Å². The summed E-state index contributed by atoms with van der Waals surface area (Å²) in [5, 5.41) is 14.0. The lowest BCUT2D eigenvalue weighted by molar-refractivity contribution is -0.870. The lowest BCUT2D eigenvalue weighted by atomic mass is 10.0. The maximum absolute atomic E-state index is 13.1. The summed E-state index contributed by atoms with van der Waals surface area (Å²) in [6.07, 6.45) is 91.6. The van der Waals surface area contributed by atoms with Crippen molar-refractivity contribution in [2.24, 2.45) is 0 Å². The second-order valence-electron chi connectivity index (χ2n) is 27.0. The third-order valence-corrected chi connectivity index (χ3v) is 18.2. The van der Waals surface area contributed by atoms with Crippen LogP contribution < -0.4 is 5.32 Å². The molecule has 0 aliphatic carbocycles. The number of hydrogen-bond donors (Lipinski definition) is 3. The third-order valence-electron chi connectivity index (χ3n) is 17.2. The van der Waals surface area contributed by atoms with E-state index in [-0.39, 0.29) is 19.1 Å². The highest BCUT2D eigenvalue weighted by atomic mass is 31.2. The van der Waals surface area contributed by atoms with Gasteiger partial charge >= 0.3 is 7.82 Å². The summed E-state index contributed by atoms with van der Waals surface area (Å²) in [6.45, 7) is 4.84. The van der Waals surface area contributed by atoms with E-state index in [1.54, 1.807) is 6.08 Å². The maximum Gasteiger partial charge on any atom is 0.472 e. The number of phosphoric ester groups is 1.